The molecule has 2 rings (SSSR count). The largest absolute Gasteiger partial charge is 0.488 e. The number of ether oxygens (including phenoxy) is 2. The van der Waals surface area contributed by atoms with E-state index in [0.29, 0.717) is 5.56 Å². The highest BCUT2D eigenvalue weighted by Crippen LogP contribution is 2.31. The number of carbonyl (C=O) groups excluding carboxylic acids is 1. The molecule has 0 radical (unpaired) electrons. The first-order valence-corrected chi connectivity index (χ1v) is 7.56. The zero-order valence-corrected chi connectivity index (χ0v) is 14.0. The van der Waals surface area contributed by atoms with Crippen LogP contribution in [0.4, 0.5) is 17.6 Å². The lowest BCUT2D eigenvalue weighted by Gasteiger charge is -2.14. The monoisotopic (exact) mass is 376 g/mol. The predicted molar refractivity (Wildman–Crippen MR) is 83.1 cm³/mol. The van der Waals surface area contributed by atoms with Gasteiger partial charge in [0, 0.05) is 5.56 Å². The lowest BCUT2D eigenvalue weighted by Crippen LogP contribution is -2.10. The smallest absolute Gasteiger partial charge is 0.252 e. The van der Waals surface area contributed by atoms with Gasteiger partial charge in [0.15, 0.2) is 17.4 Å². The van der Waals surface area contributed by atoms with E-state index in [1.807, 2.05) is 0 Å². The second kappa shape index (κ2) is 7.74. The summed E-state index contributed by atoms with van der Waals surface area (Å²) < 4.78 is 65.4. The second-order valence-electron chi connectivity index (χ2n) is 5.04. The first kappa shape index (κ1) is 19.1. The van der Waals surface area contributed by atoms with Crippen LogP contribution in [0.2, 0.25) is 0 Å². The predicted octanol–water partition coefficient (Wildman–Crippen LogP) is 4.91. The SMILES string of the molecule is CCOc1c(F)c(F)c(COc2ccc(C(=O)Cl)cc2C)c(F)c1F. The van der Waals surface area contributed by atoms with Gasteiger partial charge in [-0.2, -0.15) is 8.78 Å². The van der Waals surface area contributed by atoms with Crippen LogP contribution in [0.3, 0.4) is 0 Å². The first-order chi connectivity index (χ1) is 11.8. The van der Waals surface area contributed by atoms with E-state index in [4.69, 9.17) is 16.3 Å². The molecular formula is C17H13ClF4O3. The molecule has 0 atom stereocenters. The molecule has 3 nitrogen and oxygen atoms in total. The van der Waals surface area contributed by atoms with Crippen molar-refractivity contribution in [3.8, 4) is 11.5 Å². The van der Waals surface area contributed by atoms with Gasteiger partial charge in [-0.25, -0.2) is 8.78 Å². The fraction of sp³-hybridized carbons (Fsp3) is 0.235. The minimum absolute atomic E-state index is 0.159. The number of hydrogen-bond acceptors (Lipinski definition) is 3. The molecule has 134 valence electrons. The van der Waals surface area contributed by atoms with Crippen LogP contribution in [0.5, 0.6) is 11.5 Å². The molecule has 0 amide bonds. The van der Waals surface area contributed by atoms with E-state index < -0.39 is 46.4 Å². The van der Waals surface area contributed by atoms with E-state index in [-0.39, 0.29) is 17.9 Å². The maximum Gasteiger partial charge on any atom is 0.252 e. The minimum Gasteiger partial charge on any atom is -0.488 e. The number of benzene rings is 2. The summed E-state index contributed by atoms with van der Waals surface area (Å²) in [6.45, 7) is 2.08. The zero-order chi connectivity index (χ0) is 18.7. The van der Waals surface area contributed by atoms with Crippen LogP contribution >= 0.6 is 11.6 Å². The van der Waals surface area contributed by atoms with E-state index in [1.54, 1.807) is 6.92 Å². The minimum atomic E-state index is -1.63. The van der Waals surface area contributed by atoms with Crippen molar-refractivity contribution in [3.63, 3.8) is 0 Å². The Morgan fingerprint density at radius 2 is 1.64 bits per heavy atom. The lowest BCUT2D eigenvalue weighted by molar-refractivity contribution is 0.108. The van der Waals surface area contributed by atoms with E-state index in [9.17, 15) is 22.4 Å². The third kappa shape index (κ3) is 3.87. The van der Waals surface area contributed by atoms with E-state index in [1.165, 1.54) is 25.1 Å². The standard InChI is InChI=1S/C17H13ClF4O3/c1-3-24-16-14(21)12(19)10(13(20)15(16)22)7-25-11-5-4-9(17(18)23)6-8(11)2/h4-6H,3,7H2,1-2H3. The molecule has 2 aromatic rings. The molecule has 0 fully saturated rings. The van der Waals surface area contributed by atoms with E-state index in [2.05, 4.69) is 4.74 Å². The molecule has 0 aliphatic rings. The second-order valence-corrected chi connectivity index (χ2v) is 5.38. The van der Waals surface area contributed by atoms with Crippen LogP contribution < -0.4 is 9.47 Å². The molecule has 0 unspecified atom stereocenters. The molecule has 25 heavy (non-hydrogen) atoms. The molecule has 0 aliphatic carbocycles. The summed E-state index contributed by atoms with van der Waals surface area (Å²) in [4.78, 5) is 11.1. The van der Waals surface area contributed by atoms with Gasteiger partial charge in [0.1, 0.15) is 12.4 Å². The number of hydrogen-bond donors (Lipinski definition) is 0. The topological polar surface area (TPSA) is 35.5 Å². The van der Waals surface area contributed by atoms with Crippen molar-refractivity contribution in [1.82, 2.24) is 0 Å². The van der Waals surface area contributed by atoms with Crippen molar-refractivity contribution in [2.75, 3.05) is 6.61 Å². The van der Waals surface area contributed by atoms with Gasteiger partial charge >= 0.3 is 0 Å². The summed E-state index contributed by atoms with van der Waals surface area (Å²) >= 11 is 5.34. The summed E-state index contributed by atoms with van der Waals surface area (Å²) in [5, 5.41) is -0.678. The highest BCUT2D eigenvalue weighted by Gasteiger charge is 2.27. The highest BCUT2D eigenvalue weighted by atomic mass is 35.5. The van der Waals surface area contributed by atoms with Gasteiger partial charge in [0.2, 0.25) is 11.6 Å². The van der Waals surface area contributed by atoms with Gasteiger partial charge in [0.25, 0.3) is 5.24 Å². The number of aryl methyl sites for hydroxylation is 1. The maximum absolute atomic E-state index is 14.0. The Bertz CT molecular complexity index is 795. The van der Waals surface area contributed by atoms with Gasteiger partial charge in [-0.05, 0) is 49.2 Å². The third-order valence-corrected chi connectivity index (χ3v) is 3.59. The fourth-order valence-electron chi connectivity index (χ4n) is 2.14. The molecule has 2 aromatic carbocycles. The highest BCUT2D eigenvalue weighted by molar-refractivity contribution is 6.67. The first-order valence-electron chi connectivity index (χ1n) is 7.18. The van der Waals surface area contributed by atoms with E-state index >= 15 is 0 Å². The summed E-state index contributed by atoms with van der Waals surface area (Å²) in [6.07, 6.45) is 0. The van der Waals surface area contributed by atoms with Gasteiger partial charge < -0.3 is 9.47 Å². The number of halogens is 5. The Balaban J connectivity index is 2.31. The molecule has 0 aliphatic heterocycles. The van der Waals surface area contributed by atoms with Crippen LogP contribution in [-0.2, 0) is 6.61 Å². The van der Waals surface area contributed by atoms with Crippen molar-refractivity contribution in [2.24, 2.45) is 0 Å². The Morgan fingerprint density at radius 1 is 1.04 bits per heavy atom. The molecule has 0 saturated carbocycles. The Morgan fingerprint density at radius 3 is 2.12 bits per heavy atom. The average molecular weight is 377 g/mol. The molecule has 0 N–H and O–H groups in total. The zero-order valence-electron chi connectivity index (χ0n) is 13.3. The average Bonchev–Trinajstić information content (AvgIpc) is 2.58. The molecule has 0 saturated heterocycles. The van der Waals surface area contributed by atoms with Gasteiger partial charge in [0.05, 0.1) is 12.2 Å². The lowest BCUT2D eigenvalue weighted by atomic mass is 10.1. The van der Waals surface area contributed by atoms with Crippen LogP contribution in [0.1, 0.15) is 28.4 Å². The van der Waals surface area contributed by atoms with Crippen LogP contribution in [-0.4, -0.2) is 11.8 Å². The molecule has 8 heteroatoms. The van der Waals surface area contributed by atoms with Crippen molar-refractivity contribution >= 4 is 16.8 Å². The van der Waals surface area contributed by atoms with Crippen molar-refractivity contribution in [1.29, 1.82) is 0 Å². The number of rotatable bonds is 6. The normalized spacial score (nSPS) is 10.7. The van der Waals surface area contributed by atoms with Crippen LogP contribution in [0.25, 0.3) is 0 Å². The molecule has 0 bridgehead atoms. The molecule has 0 aromatic heterocycles. The van der Waals surface area contributed by atoms with Crippen molar-refractivity contribution < 1.29 is 31.8 Å². The summed E-state index contributed by atoms with van der Waals surface area (Å²) in [7, 11) is 0. The van der Waals surface area contributed by atoms with Crippen LogP contribution in [0.15, 0.2) is 18.2 Å². The summed E-state index contributed by atoms with van der Waals surface area (Å²) in [5.74, 6) is -7.36. The molecule has 0 spiro atoms. The number of carbonyl (C=O) groups is 1. The Labute approximate surface area is 146 Å². The Hall–Kier alpha value is -2.28. The Kier molecular flexibility index (Phi) is 5.89. The van der Waals surface area contributed by atoms with Crippen molar-refractivity contribution in [3.05, 3.63) is 58.2 Å². The summed E-state index contributed by atoms with van der Waals surface area (Å²) in [6, 6.07) is 4.13. The van der Waals surface area contributed by atoms with Gasteiger partial charge in [-0.1, -0.05) is 0 Å². The van der Waals surface area contributed by atoms with Crippen molar-refractivity contribution in [2.45, 2.75) is 20.5 Å². The summed E-state index contributed by atoms with van der Waals surface area (Å²) in [5.41, 5.74) is -0.239. The fourth-order valence-corrected chi connectivity index (χ4v) is 2.26. The quantitative estimate of drug-likeness (QED) is 0.408. The maximum atomic E-state index is 14.0. The molecule has 0 heterocycles. The van der Waals surface area contributed by atoms with E-state index in [0.717, 1.165) is 0 Å². The van der Waals surface area contributed by atoms with Gasteiger partial charge in [-0.3, -0.25) is 4.79 Å². The third-order valence-electron chi connectivity index (χ3n) is 3.38. The molecular weight excluding hydrogens is 364 g/mol. The van der Waals surface area contributed by atoms with Gasteiger partial charge in [-0.15, -0.1) is 0 Å². The van der Waals surface area contributed by atoms with Crippen LogP contribution in [0, 0.1) is 30.2 Å².